The molecule has 2 aromatic rings. The fourth-order valence-corrected chi connectivity index (χ4v) is 3.10. The molecule has 0 amide bonds. The second-order valence-electron chi connectivity index (χ2n) is 2.11. The SMILES string of the molecule is Sc1ccsc1-c1cccs1. The van der Waals surface area contributed by atoms with Crippen LogP contribution >= 0.6 is 35.3 Å². The molecule has 11 heavy (non-hydrogen) atoms. The summed E-state index contributed by atoms with van der Waals surface area (Å²) in [5, 5.41) is 4.15. The lowest BCUT2D eigenvalue weighted by molar-refractivity contribution is 1.61. The van der Waals surface area contributed by atoms with Crippen molar-refractivity contribution < 1.29 is 0 Å². The lowest BCUT2D eigenvalue weighted by Crippen LogP contribution is -1.61. The summed E-state index contributed by atoms with van der Waals surface area (Å²) in [7, 11) is 0. The predicted octanol–water partition coefficient (Wildman–Crippen LogP) is 3.77. The molecule has 0 saturated heterocycles. The summed E-state index contributed by atoms with van der Waals surface area (Å²) in [4.78, 5) is 3.67. The molecule has 0 saturated carbocycles. The number of hydrogen-bond acceptors (Lipinski definition) is 3. The van der Waals surface area contributed by atoms with Crippen LogP contribution in [0, 0.1) is 0 Å². The maximum absolute atomic E-state index is 4.35. The van der Waals surface area contributed by atoms with Gasteiger partial charge in [-0.05, 0) is 22.9 Å². The zero-order valence-corrected chi connectivity index (χ0v) is 8.18. The molecule has 0 atom stereocenters. The van der Waals surface area contributed by atoms with Crippen molar-refractivity contribution in [2.45, 2.75) is 4.90 Å². The lowest BCUT2D eigenvalue weighted by Gasteiger charge is -1.90. The van der Waals surface area contributed by atoms with Crippen molar-refractivity contribution in [1.82, 2.24) is 0 Å². The van der Waals surface area contributed by atoms with Crippen LogP contribution in [0.5, 0.6) is 0 Å². The quantitative estimate of drug-likeness (QED) is 0.663. The highest BCUT2D eigenvalue weighted by Crippen LogP contribution is 2.34. The van der Waals surface area contributed by atoms with E-state index in [0.29, 0.717) is 0 Å². The van der Waals surface area contributed by atoms with Crippen molar-refractivity contribution in [3.63, 3.8) is 0 Å². The Balaban J connectivity index is 2.53. The van der Waals surface area contributed by atoms with E-state index < -0.39 is 0 Å². The fraction of sp³-hybridized carbons (Fsp3) is 0. The molecule has 2 heterocycles. The minimum atomic E-state index is 1.08. The Morgan fingerprint density at radius 3 is 2.55 bits per heavy atom. The summed E-state index contributed by atoms with van der Waals surface area (Å²) in [6.45, 7) is 0. The summed E-state index contributed by atoms with van der Waals surface area (Å²) < 4.78 is 0. The Bertz CT molecular complexity index is 332. The summed E-state index contributed by atoms with van der Waals surface area (Å²) in [5.41, 5.74) is 0. The first-order valence-corrected chi connectivity index (χ1v) is 5.39. The zero-order chi connectivity index (χ0) is 7.68. The molecule has 0 nitrogen and oxygen atoms in total. The largest absolute Gasteiger partial charge is 0.143 e. The molecule has 0 N–H and O–H groups in total. The van der Waals surface area contributed by atoms with Crippen LogP contribution in [0.15, 0.2) is 33.9 Å². The minimum Gasteiger partial charge on any atom is -0.143 e. The smallest absolute Gasteiger partial charge is 0.0575 e. The number of rotatable bonds is 1. The van der Waals surface area contributed by atoms with E-state index >= 15 is 0 Å². The van der Waals surface area contributed by atoms with Crippen LogP contribution in [0.1, 0.15) is 0 Å². The average molecular weight is 198 g/mol. The monoisotopic (exact) mass is 198 g/mol. The molecule has 0 bridgehead atoms. The molecule has 0 aliphatic rings. The molecule has 0 spiro atoms. The summed E-state index contributed by atoms with van der Waals surface area (Å²) in [5.74, 6) is 0. The van der Waals surface area contributed by atoms with E-state index in [4.69, 9.17) is 0 Å². The van der Waals surface area contributed by atoms with E-state index in [1.165, 1.54) is 9.75 Å². The highest BCUT2D eigenvalue weighted by Gasteiger charge is 2.03. The van der Waals surface area contributed by atoms with Gasteiger partial charge in [0.15, 0.2) is 0 Å². The van der Waals surface area contributed by atoms with Crippen molar-refractivity contribution in [2.75, 3.05) is 0 Å². The van der Waals surface area contributed by atoms with Gasteiger partial charge in [0.25, 0.3) is 0 Å². The van der Waals surface area contributed by atoms with Crippen molar-refractivity contribution in [2.24, 2.45) is 0 Å². The molecule has 0 aliphatic heterocycles. The Morgan fingerprint density at radius 2 is 2.00 bits per heavy atom. The summed E-state index contributed by atoms with van der Waals surface area (Å²) in [6.07, 6.45) is 0. The van der Waals surface area contributed by atoms with Crippen LogP contribution in [-0.2, 0) is 0 Å². The average Bonchev–Trinajstić information content (AvgIpc) is 2.55. The molecular formula is C8H6S3. The van der Waals surface area contributed by atoms with Crippen molar-refractivity contribution >= 4 is 35.3 Å². The standard InChI is InChI=1S/C8H6S3/c9-6-3-5-11-8(6)7-2-1-4-10-7/h1-5,9H. The van der Waals surface area contributed by atoms with Crippen LogP contribution in [0.4, 0.5) is 0 Å². The normalized spacial score (nSPS) is 10.3. The maximum Gasteiger partial charge on any atom is 0.0575 e. The first-order chi connectivity index (χ1) is 5.38. The van der Waals surface area contributed by atoms with Crippen LogP contribution in [0.25, 0.3) is 9.75 Å². The second kappa shape index (κ2) is 3.01. The van der Waals surface area contributed by atoms with E-state index in [0.717, 1.165) is 4.90 Å². The third kappa shape index (κ3) is 1.36. The van der Waals surface area contributed by atoms with Crippen molar-refractivity contribution in [3.8, 4) is 9.75 Å². The van der Waals surface area contributed by atoms with Gasteiger partial charge in [0.1, 0.15) is 0 Å². The van der Waals surface area contributed by atoms with E-state index in [9.17, 15) is 0 Å². The van der Waals surface area contributed by atoms with Crippen molar-refractivity contribution in [1.29, 1.82) is 0 Å². The highest BCUT2D eigenvalue weighted by atomic mass is 32.1. The van der Waals surface area contributed by atoms with E-state index in [-0.39, 0.29) is 0 Å². The van der Waals surface area contributed by atoms with Crippen LogP contribution < -0.4 is 0 Å². The van der Waals surface area contributed by atoms with Gasteiger partial charge in [0.05, 0.1) is 4.88 Å². The summed E-state index contributed by atoms with van der Waals surface area (Å²) in [6, 6.07) is 6.21. The van der Waals surface area contributed by atoms with Gasteiger partial charge in [-0.3, -0.25) is 0 Å². The van der Waals surface area contributed by atoms with E-state index in [1.807, 2.05) is 6.07 Å². The molecular weight excluding hydrogens is 192 g/mol. The van der Waals surface area contributed by atoms with Gasteiger partial charge in [0, 0.05) is 9.77 Å². The molecule has 56 valence electrons. The van der Waals surface area contributed by atoms with Gasteiger partial charge < -0.3 is 0 Å². The molecule has 0 radical (unpaired) electrons. The first-order valence-electron chi connectivity index (χ1n) is 3.18. The zero-order valence-electron chi connectivity index (χ0n) is 5.65. The third-order valence-corrected chi connectivity index (χ3v) is 3.88. The Hall–Kier alpha value is -0.250. The van der Waals surface area contributed by atoms with Gasteiger partial charge in [-0.2, -0.15) is 0 Å². The van der Waals surface area contributed by atoms with Gasteiger partial charge in [-0.15, -0.1) is 35.3 Å². The number of thiol groups is 1. The Labute approximate surface area is 78.9 Å². The first kappa shape index (κ1) is 7.40. The van der Waals surface area contributed by atoms with Crippen LogP contribution in [0.3, 0.4) is 0 Å². The predicted molar refractivity (Wildman–Crippen MR) is 54.9 cm³/mol. The van der Waals surface area contributed by atoms with Gasteiger partial charge in [-0.1, -0.05) is 6.07 Å². The van der Waals surface area contributed by atoms with Gasteiger partial charge >= 0.3 is 0 Å². The van der Waals surface area contributed by atoms with E-state index in [1.54, 1.807) is 22.7 Å². The van der Waals surface area contributed by atoms with Gasteiger partial charge in [-0.25, -0.2) is 0 Å². The summed E-state index contributed by atoms with van der Waals surface area (Å²) >= 11 is 7.85. The van der Waals surface area contributed by atoms with E-state index in [2.05, 4.69) is 35.5 Å². The van der Waals surface area contributed by atoms with Gasteiger partial charge in [0.2, 0.25) is 0 Å². The fourth-order valence-electron chi connectivity index (χ4n) is 0.895. The lowest BCUT2D eigenvalue weighted by atomic mass is 10.4. The highest BCUT2D eigenvalue weighted by molar-refractivity contribution is 7.80. The van der Waals surface area contributed by atoms with Crippen LogP contribution in [0.2, 0.25) is 0 Å². The minimum absolute atomic E-state index is 1.08. The molecule has 2 aromatic heterocycles. The third-order valence-electron chi connectivity index (χ3n) is 1.39. The molecule has 0 unspecified atom stereocenters. The Morgan fingerprint density at radius 1 is 1.09 bits per heavy atom. The van der Waals surface area contributed by atoms with Crippen LogP contribution in [-0.4, -0.2) is 0 Å². The molecule has 0 aromatic carbocycles. The Kier molecular flexibility index (Phi) is 2.02. The molecule has 3 heteroatoms. The molecule has 0 aliphatic carbocycles. The second-order valence-corrected chi connectivity index (χ2v) is 4.46. The van der Waals surface area contributed by atoms with Crippen molar-refractivity contribution in [3.05, 3.63) is 29.0 Å². The molecule has 2 rings (SSSR count). The number of hydrogen-bond donors (Lipinski definition) is 1. The maximum atomic E-state index is 4.35. The molecule has 0 fully saturated rings. The number of thiophene rings is 2. The topological polar surface area (TPSA) is 0 Å².